The summed E-state index contributed by atoms with van der Waals surface area (Å²) in [4.78, 5) is 11.9. The summed E-state index contributed by atoms with van der Waals surface area (Å²) in [6, 6.07) is 12.7. The highest BCUT2D eigenvalue weighted by molar-refractivity contribution is 5.77. The van der Waals surface area contributed by atoms with E-state index in [1.807, 2.05) is 18.2 Å². The summed E-state index contributed by atoms with van der Waals surface area (Å²) in [7, 11) is 3.18. The third-order valence-electron chi connectivity index (χ3n) is 4.51. The van der Waals surface area contributed by atoms with Crippen LogP contribution in [0, 0.1) is 0 Å². The van der Waals surface area contributed by atoms with Crippen LogP contribution in [-0.4, -0.2) is 31.9 Å². The molecule has 2 aromatic rings. The number of aliphatic carboxylic acids is 1. The number of hydrogen-bond acceptors (Lipinski definition) is 4. The lowest BCUT2D eigenvalue weighted by Crippen LogP contribution is -2.15. The number of rotatable bonds is 11. The fourth-order valence-electron chi connectivity index (χ4n) is 2.98. The molecule has 5 nitrogen and oxygen atoms in total. The largest absolute Gasteiger partial charge is 0.497 e. The van der Waals surface area contributed by atoms with Gasteiger partial charge in [0.1, 0.15) is 5.75 Å². The fourth-order valence-corrected chi connectivity index (χ4v) is 2.98. The van der Waals surface area contributed by atoms with Gasteiger partial charge in [0.05, 0.1) is 26.7 Å². The standard InChI is InChI=1S/C22H28O5/c1-4-5-6-14-27-21-17(8-7-9-20(21)26-3)15-19(22(23)24)16-10-12-18(25-2)13-11-16/h7-13,19H,4-6,14-15H2,1-3H3,(H,23,24). The quantitative estimate of drug-likeness (QED) is 0.580. The molecule has 5 heteroatoms. The van der Waals surface area contributed by atoms with Crippen LogP contribution in [-0.2, 0) is 11.2 Å². The maximum atomic E-state index is 11.9. The average molecular weight is 372 g/mol. The molecular formula is C22H28O5. The number of benzene rings is 2. The molecule has 0 amide bonds. The molecule has 0 saturated heterocycles. The minimum Gasteiger partial charge on any atom is -0.497 e. The predicted molar refractivity (Wildman–Crippen MR) is 105 cm³/mol. The van der Waals surface area contributed by atoms with Crippen LogP contribution in [0.2, 0.25) is 0 Å². The number of carboxylic acid groups (broad SMARTS) is 1. The summed E-state index contributed by atoms with van der Waals surface area (Å²) < 4.78 is 16.6. The molecule has 0 aliphatic carbocycles. The van der Waals surface area contributed by atoms with E-state index in [9.17, 15) is 9.90 Å². The summed E-state index contributed by atoms with van der Waals surface area (Å²) in [6.45, 7) is 2.72. The summed E-state index contributed by atoms with van der Waals surface area (Å²) in [5, 5.41) is 9.77. The van der Waals surface area contributed by atoms with Crippen LogP contribution in [0.15, 0.2) is 42.5 Å². The fraction of sp³-hybridized carbons (Fsp3) is 0.409. The summed E-state index contributed by atoms with van der Waals surface area (Å²) in [6.07, 6.45) is 3.48. The second-order valence-corrected chi connectivity index (χ2v) is 6.37. The van der Waals surface area contributed by atoms with Crippen molar-refractivity contribution in [3.8, 4) is 17.2 Å². The normalized spacial score (nSPS) is 11.7. The van der Waals surface area contributed by atoms with Gasteiger partial charge in [0.15, 0.2) is 11.5 Å². The lowest BCUT2D eigenvalue weighted by Gasteiger charge is -2.18. The molecule has 1 unspecified atom stereocenters. The topological polar surface area (TPSA) is 65.0 Å². The van der Waals surface area contributed by atoms with Gasteiger partial charge in [-0.1, -0.05) is 44.0 Å². The van der Waals surface area contributed by atoms with E-state index in [0.717, 1.165) is 30.4 Å². The van der Waals surface area contributed by atoms with Gasteiger partial charge in [-0.3, -0.25) is 4.79 Å². The maximum absolute atomic E-state index is 11.9. The van der Waals surface area contributed by atoms with Crippen LogP contribution in [0.3, 0.4) is 0 Å². The van der Waals surface area contributed by atoms with E-state index in [1.165, 1.54) is 0 Å². The predicted octanol–water partition coefficient (Wildman–Crippen LogP) is 4.68. The van der Waals surface area contributed by atoms with Crippen LogP contribution in [0.5, 0.6) is 17.2 Å². The second-order valence-electron chi connectivity index (χ2n) is 6.37. The highest BCUT2D eigenvalue weighted by Gasteiger charge is 2.23. The Morgan fingerprint density at radius 3 is 2.37 bits per heavy atom. The Morgan fingerprint density at radius 1 is 1.04 bits per heavy atom. The van der Waals surface area contributed by atoms with Gasteiger partial charge in [-0.05, 0) is 42.2 Å². The molecule has 0 radical (unpaired) electrons. The molecule has 0 bridgehead atoms. The molecule has 0 heterocycles. The van der Waals surface area contributed by atoms with Crippen molar-refractivity contribution in [2.24, 2.45) is 0 Å². The second kappa shape index (κ2) is 10.5. The molecular weight excluding hydrogens is 344 g/mol. The highest BCUT2D eigenvalue weighted by atomic mass is 16.5. The third kappa shape index (κ3) is 5.64. The first-order chi connectivity index (χ1) is 13.1. The van der Waals surface area contributed by atoms with Gasteiger partial charge in [0, 0.05) is 0 Å². The van der Waals surface area contributed by atoms with Crippen molar-refractivity contribution in [2.75, 3.05) is 20.8 Å². The number of carboxylic acids is 1. The zero-order valence-corrected chi connectivity index (χ0v) is 16.2. The van der Waals surface area contributed by atoms with E-state index >= 15 is 0 Å². The Morgan fingerprint density at radius 2 is 1.78 bits per heavy atom. The Labute approximate surface area is 160 Å². The first-order valence-corrected chi connectivity index (χ1v) is 9.26. The smallest absolute Gasteiger partial charge is 0.311 e. The Hall–Kier alpha value is -2.69. The number of methoxy groups -OCH3 is 2. The van der Waals surface area contributed by atoms with Gasteiger partial charge in [-0.15, -0.1) is 0 Å². The van der Waals surface area contributed by atoms with E-state index in [0.29, 0.717) is 30.3 Å². The van der Waals surface area contributed by atoms with Crippen molar-refractivity contribution >= 4 is 5.97 Å². The van der Waals surface area contributed by atoms with Crippen LogP contribution in [0.4, 0.5) is 0 Å². The molecule has 146 valence electrons. The summed E-state index contributed by atoms with van der Waals surface area (Å²) in [5.41, 5.74) is 1.55. The molecule has 2 aromatic carbocycles. The summed E-state index contributed by atoms with van der Waals surface area (Å²) in [5.74, 6) is 0.406. The minimum absolute atomic E-state index is 0.321. The maximum Gasteiger partial charge on any atom is 0.311 e. The van der Waals surface area contributed by atoms with Crippen molar-refractivity contribution in [2.45, 2.75) is 38.5 Å². The van der Waals surface area contributed by atoms with Crippen molar-refractivity contribution < 1.29 is 24.1 Å². The van der Waals surface area contributed by atoms with E-state index in [-0.39, 0.29) is 0 Å². The zero-order chi connectivity index (χ0) is 19.6. The molecule has 0 fully saturated rings. The molecule has 1 N–H and O–H groups in total. The lowest BCUT2D eigenvalue weighted by molar-refractivity contribution is -0.138. The number of hydrogen-bond donors (Lipinski definition) is 1. The first kappa shape index (κ1) is 20.6. The van der Waals surface area contributed by atoms with Crippen molar-refractivity contribution in [3.05, 3.63) is 53.6 Å². The van der Waals surface area contributed by atoms with Gasteiger partial charge in [-0.2, -0.15) is 0 Å². The Kier molecular flexibility index (Phi) is 7.99. The van der Waals surface area contributed by atoms with Crippen molar-refractivity contribution in [3.63, 3.8) is 0 Å². The number of carbonyl (C=O) groups is 1. The van der Waals surface area contributed by atoms with Gasteiger partial charge in [-0.25, -0.2) is 0 Å². The molecule has 0 aromatic heterocycles. The van der Waals surface area contributed by atoms with Gasteiger partial charge < -0.3 is 19.3 Å². The zero-order valence-electron chi connectivity index (χ0n) is 16.2. The Bertz CT molecular complexity index is 724. The molecule has 1 atom stereocenters. The lowest BCUT2D eigenvalue weighted by atomic mass is 9.91. The van der Waals surface area contributed by atoms with E-state index < -0.39 is 11.9 Å². The highest BCUT2D eigenvalue weighted by Crippen LogP contribution is 2.35. The van der Waals surface area contributed by atoms with Crippen LogP contribution < -0.4 is 14.2 Å². The van der Waals surface area contributed by atoms with Crippen molar-refractivity contribution in [1.29, 1.82) is 0 Å². The van der Waals surface area contributed by atoms with Gasteiger partial charge in [0.2, 0.25) is 0 Å². The molecule has 0 saturated carbocycles. The summed E-state index contributed by atoms with van der Waals surface area (Å²) >= 11 is 0. The van der Waals surface area contributed by atoms with E-state index in [4.69, 9.17) is 14.2 Å². The van der Waals surface area contributed by atoms with Gasteiger partial charge in [0.25, 0.3) is 0 Å². The molecule has 0 aliphatic rings. The molecule has 0 spiro atoms. The average Bonchev–Trinajstić information content (AvgIpc) is 2.69. The van der Waals surface area contributed by atoms with Crippen LogP contribution >= 0.6 is 0 Å². The third-order valence-corrected chi connectivity index (χ3v) is 4.51. The van der Waals surface area contributed by atoms with E-state index in [2.05, 4.69) is 6.92 Å². The monoisotopic (exact) mass is 372 g/mol. The molecule has 2 rings (SSSR count). The first-order valence-electron chi connectivity index (χ1n) is 9.26. The van der Waals surface area contributed by atoms with Crippen molar-refractivity contribution in [1.82, 2.24) is 0 Å². The van der Waals surface area contributed by atoms with Crippen LogP contribution in [0.25, 0.3) is 0 Å². The van der Waals surface area contributed by atoms with E-state index in [1.54, 1.807) is 38.5 Å². The minimum atomic E-state index is -0.875. The molecule has 0 aliphatic heterocycles. The van der Waals surface area contributed by atoms with Gasteiger partial charge >= 0.3 is 5.97 Å². The number of ether oxygens (including phenoxy) is 3. The number of unbranched alkanes of at least 4 members (excludes halogenated alkanes) is 2. The Balaban J connectivity index is 2.26. The van der Waals surface area contributed by atoms with Crippen LogP contribution in [0.1, 0.15) is 43.2 Å². The SMILES string of the molecule is CCCCCOc1c(CC(C(=O)O)c2ccc(OC)cc2)cccc1OC. The number of para-hydroxylation sites is 1. The molecule has 27 heavy (non-hydrogen) atoms.